The second-order valence-corrected chi connectivity index (χ2v) is 13.7. The number of nitrogens with zero attached hydrogens (tertiary/aromatic N) is 3. The molecule has 3 amide bonds. The molecule has 0 saturated carbocycles. The molecule has 10 nitrogen and oxygen atoms in total. The lowest BCUT2D eigenvalue weighted by molar-refractivity contribution is 0.0755. The van der Waals surface area contributed by atoms with Gasteiger partial charge in [-0.15, -0.1) is 11.3 Å². The van der Waals surface area contributed by atoms with Crippen molar-refractivity contribution in [3.8, 4) is 0 Å². The first kappa shape index (κ1) is 32.0. The molecule has 42 heavy (non-hydrogen) atoms. The van der Waals surface area contributed by atoms with Crippen molar-refractivity contribution in [1.82, 2.24) is 14.1 Å². The number of anilines is 1. The summed E-state index contributed by atoms with van der Waals surface area (Å²) in [6, 6.07) is 5.97. The summed E-state index contributed by atoms with van der Waals surface area (Å²) >= 11 is 1.30. The molecule has 0 radical (unpaired) electrons. The molecule has 2 aliphatic rings. The first-order valence-corrected chi connectivity index (χ1v) is 17.2. The Morgan fingerprint density at radius 2 is 1.60 bits per heavy atom. The maximum Gasteiger partial charge on any atom is 0.410 e. The van der Waals surface area contributed by atoms with Crippen LogP contribution >= 0.6 is 11.3 Å². The number of benzene rings is 1. The van der Waals surface area contributed by atoms with E-state index in [1.807, 2.05) is 18.7 Å². The highest BCUT2D eigenvalue weighted by Gasteiger charge is 2.33. The lowest BCUT2D eigenvalue weighted by Gasteiger charge is -2.27. The highest BCUT2D eigenvalue weighted by Crippen LogP contribution is 2.38. The molecule has 0 aliphatic carbocycles. The standard InChI is InChI=1S/C30H42N4O6S2/c1-4-16-32(17-5-2)29(36)26-24-15-20-33(30(37)40-6-3)21-25(24)41-28(26)31-27(35)22-11-13-23(14-12-22)42(38,39)34-18-9-7-8-10-19-34/h11-14H,4-10,15-21H2,1-3H3,(H,31,35). The zero-order chi connectivity index (χ0) is 30.3. The van der Waals surface area contributed by atoms with Crippen LogP contribution in [0.1, 0.15) is 90.5 Å². The molecular weight excluding hydrogens is 576 g/mol. The molecule has 1 N–H and O–H groups in total. The highest BCUT2D eigenvalue weighted by atomic mass is 32.2. The van der Waals surface area contributed by atoms with E-state index in [4.69, 9.17) is 4.74 Å². The minimum atomic E-state index is -3.63. The maximum absolute atomic E-state index is 13.8. The molecule has 12 heteroatoms. The maximum atomic E-state index is 13.8. The average Bonchev–Trinajstić information content (AvgIpc) is 3.12. The van der Waals surface area contributed by atoms with Crippen LogP contribution in [-0.4, -0.2) is 79.8 Å². The Morgan fingerprint density at radius 1 is 0.952 bits per heavy atom. The summed E-state index contributed by atoms with van der Waals surface area (Å²) in [5.41, 5.74) is 1.63. The lowest BCUT2D eigenvalue weighted by Crippen LogP contribution is -2.37. The molecule has 2 aromatic rings. The van der Waals surface area contributed by atoms with Gasteiger partial charge in [-0.2, -0.15) is 4.31 Å². The molecule has 0 spiro atoms. The van der Waals surface area contributed by atoms with Gasteiger partial charge in [0.15, 0.2) is 0 Å². The van der Waals surface area contributed by atoms with Gasteiger partial charge in [0.05, 0.1) is 23.6 Å². The predicted octanol–water partition coefficient (Wildman–Crippen LogP) is 5.34. The van der Waals surface area contributed by atoms with Gasteiger partial charge >= 0.3 is 6.09 Å². The minimum absolute atomic E-state index is 0.130. The van der Waals surface area contributed by atoms with Crippen molar-refractivity contribution in [2.45, 2.75) is 77.2 Å². The number of hydrogen-bond acceptors (Lipinski definition) is 7. The minimum Gasteiger partial charge on any atom is -0.450 e. The van der Waals surface area contributed by atoms with E-state index in [0.29, 0.717) is 61.8 Å². The second-order valence-electron chi connectivity index (χ2n) is 10.7. The quantitative estimate of drug-likeness (QED) is 0.384. The number of ether oxygens (including phenoxy) is 1. The van der Waals surface area contributed by atoms with Gasteiger partial charge in [0.2, 0.25) is 10.0 Å². The zero-order valence-corrected chi connectivity index (χ0v) is 26.4. The predicted molar refractivity (Wildman–Crippen MR) is 164 cm³/mol. The van der Waals surface area contributed by atoms with Gasteiger partial charge in [0.25, 0.3) is 11.8 Å². The third kappa shape index (κ3) is 7.15. The van der Waals surface area contributed by atoms with Gasteiger partial charge in [-0.1, -0.05) is 26.7 Å². The lowest BCUT2D eigenvalue weighted by atomic mass is 10.0. The van der Waals surface area contributed by atoms with Crippen molar-refractivity contribution in [1.29, 1.82) is 0 Å². The van der Waals surface area contributed by atoms with Gasteiger partial charge < -0.3 is 19.9 Å². The highest BCUT2D eigenvalue weighted by molar-refractivity contribution is 7.89. The van der Waals surface area contributed by atoms with Crippen LogP contribution in [0.5, 0.6) is 0 Å². The first-order chi connectivity index (χ1) is 20.2. The van der Waals surface area contributed by atoms with E-state index < -0.39 is 22.0 Å². The first-order valence-electron chi connectivity index (χ1n) is 15.0. The number of rotatable bonds is 10. The van der Waals surface area contributed by atoms with E-state index in [9.17, 15) is 22.8 Å². The Hall–Kier alpha value is -2.96. The number of nitrogens with one attached hydrogen (secondary N) is 1. The Labute approximate surface area is 253 Å². The summed E-state index contributed by atoms with van der Waals surface area (Å²) in [5, 5.41) is 3.38. The molecule has 0 bridgehead atoms. The Morgan fingerprint density at radius 3 is 2.19 bits per heavy atom. The molecule has 230 valence electrons. The van der Waals surface area contributed by atoms with Crippen LogP contribution in [0.3, 0.4) is 0 Å². The topological polar surface area (TPSA) is 116 Å². The van der Waals surface area contributed by atoms with Gasteiger partial charge in [0, 0.05) is 43.2 Å². The van der Waals surface area contributed by atoms with E-state index in [1.54, 1.807) is 11.8 Å². The summed E-state index contributed by atoms with van der Waals surface area (Å²) < 4.78 is 33.1. The van der Waals surface area contributed by atoms with Crippen LogP contribution in [0.25, 0.3) is 0 Å². The monoisotopic (exact) mass is 618 g/mol. The summed E-state index contributed by atoms with van der Waals surface area (Å²) in [5.74, 6) is -0.559. The smallest absolute Gasteiger partial charge is 0.410 e. The molecule has 1 aromatic carbocycles. The molecule has 2 aliphatic heterocycles. The summed E-state index contributed by atoms with van der Waals surface area (Å²) in [4.78, 5) is 44.1. The Kier molecular flexibility index (Phi) is 11.0. The molecule has 1 saturated heterocycles. The normalized spacial score (nSPS) is 15.9. The van der Waals surface area contributed by atoms with Gasteiger partial charge in [0.1, 0.15) is 5.00 Å². The number of thiophene rings is 1. The van der Waals surface area contributed by atoms with Crippen molar-refractivity contribution in [3.63, 3.8) is 0 Å². The van der Waals surface area contributed by atoms with Crippen LogP contribution in [0.2, 0.25) is 0 Å². The fourth-order valence-electron chi connectivity index (χ4n) is 5.49. The van der Waals surface area contributed by atoms with Gasteiger partial charge in [-0.25, -0.2) is 13.2 Å². The molecule has 4 rings (SSSR count). The zero-order valence-electron chi connectivity index (χ0n) is 24.8. The molecule has 1 aromatic heterocycles. The molecular formula is C30H42N4O6S2. The molecule has 0 unspecified atom stereocenters. The van der Waals surface area contributed by atoms with Crippen molar-refractivity contribution in [3.05, 3.63) is 45.8 Å². The van der Waals surface area contributed by atoms with Crippen LogP contribution in [0, 0.1) is 0 Å². The van der Waals surface area contributed by atoms with Crippen molar-refractivity contribution >= 4 is 44.3 Å². The summed E-state index contributed by atoms with van der Waals surface area (Å²) in [7, 11) is -3.63. The SMILES string of the molecule is CCCN(CCC)C(=O)c1c(NC(=O)c2ccc(S(=O)(=O)N3CCCCCC3)cc2)sc2c1CCN(C(=O)OCC)C2. The number of amides is 3. The number of fused-ring (bicyclic) bond motifs is 1. The van der Waals surface area contributed by atoms with Crippen LogP contribution in [0.15, 0.2) is 29.2 Å². The number of carbonyl (C=O) groups excluding carboxylic acids is 3. The van der Waals surface area contributed by atoms with Crippen LogP contribution in [-0.2, 0) is 27.7 Å². The summed E-state index contributed by atoms with van der Waals surface area (Å²) in [6.45, 7) is 9.03. The van der Waals surface area contributed by atoms with E-state index in [2.05, 4.69) is 5.32 Å². The summed E-state index contributed by atoms with van der Waals surface area (Å²) in [6.07, 6.45) is 5.44. The van der Waals surface area contributed by atoms with Crippen molar-refractivity contribution < 1.29 is 27.5 Å². The molecule has 3 heterocycles. The van der Waals surface area contributed by atoms with Gasteiger partial charge in [-0.05, 0) is 68.9 Å². The van der Waals surface area contributed by atoms with E-state index in [1.165, 1.54) is 39.9 Å². The third-order valence-corrected chi connectivity index (χ3v) is 10.7. The number of hydrogen-bond donors (Lipinski definition) is 1. The Bertz CT molecular complexity index is 1360. The van der Waals surface area contributed by atoms with E-state index in [0.717, 1.165) is 49.0 Å². The average molecular weight is 619 g/mol. The molecule has 1 fully saturated rings. The largest absolute Gasteiger partial charge is 0.450 e. The fraction of sp³-hybridized carbons (Fsp3) is 0.567. The van der Waals surface area contributed by atoms with Gasteiger partial charge in [-0.3, -0.25) is 9.59 Å². The van der Waals surface area contributed by atoms with E-state index in [-0.39, 0.29) is 17.4 Å². The van der Waals surface area contributed by atoms with Crippen LogP contribution in [0.4, 0.5) is 9.80 Å². The van der Waals surface area contributed by atoms with Crippen LogP contribution < -0.4 is 5.32 Å². The molecule has 0 atom stereocenters. The number of sulfonamides is 1. The van der Waals surface area contributed by atoms with Crippen molar-refractivity contribution in [2.24, 2.45) is 0 Å². The second kappa shape index (κ2) is 14.5. The number of carbonyl (C=O) groups is 3. The van der Waals surface area contributed by atoms with E-state index >= 15 is 0 Å². The fourth-order valence-corrected chi connectivity index (χ4v) is 8.25. The third-order valence-electron chi connectivity index (χ3n) is 7.62. The van der Waals surface area contributed by atoms with Crippen molar-refractivity contribution in [2.75, 3.05) is 44.6 Å². The Balaban J connectivity index is 1.60.